The minimum Gasteiger partial charge on any atom is -0.469 e. The zero-order chi connectivity index (χ0) is 22.6. The van der Waals surface area contributed by atoms with E-state index in [1.807, 2.05) is 12.1 Å². The Hall–Kier alpha value is -3.02. The summed E-state index contributed by atoms with van der Waals surface area (Å²) in [6.45, 7) is 12.6. The molecule has 1 aliphatic rings. The van der Waals surface area contributed by atoms with Gasteiger partial charge in [-0.2, -0.15) is 0 Å². The number of hydrogen-bond acceptors (Lipinski definition) is 4. The molecule has 1 aromatic carbocycles. The second-order valence-electron chi connectivity index (χ2n) is 9.43. The molecule has 2 amide bonds. The number of anilines is 1. The Balaban J connectivity index is 1.47. The minimum absolute atomic E-state index is 0.0212. The van der Waals surface area contributed by atoms with Crippen molar-refractivity contribution in [3.8, 4) is 0 Å². The standard InChI is InChI=1S/C25H33N3O3/c1-16(27-28-23(29)19-6-10-20(11-7-19)25(3,4)5)18-8-12-21(13-9-18)26-24(30)22-14-15-31-17(22)2/h8-9,12-15,19-20,27H,1,6-7,10-11H2,2-5H3,(H,26,30)(H,28,29). The van der Waals surface area contributed by atoms with Crippen molar-refractivity contribution < 1.29 is 14.0 Å². The van der Waals surface area contributed by atoms with Crippen LogP contribution in [0.25, 0.3) is 5.70 Å². The third kappa shape index (κ3) is 5.78. The van der Waals surface area contributed by atoms with Crippen molar-refractivity contribution in [3.63, 3.8) is 0 Å². The fourth-order valence-electron chi connectivity index (χ4n) is 4.11. The van der Waals surface area contributed by atoms with Gasteiger partial charge in [-0.15, -0.1) is 0 Å². The zero-order valence-corrected chi connectivity index (χ0v) is 18.9. The number of hydrogen-bond donors (Lipinski definition) is 3. The molecule has 2 aromatic rings. The predicted molar refractivity (Wildman–Crippen MR) is 123 cm³/mol. The van der Waals surface area contributed by atoms with E-state index in [1.54, 1.807) is 25.1 Å². The second kappa shape index (κ2) is 9.41. The number of nitrogens with one attached hydrogen (secondary N) is 3. The maximum atomic E-state index is 12.5. The molecular formula is C25H33N3O3. The highest BCUT2D eigenvalue weighted by Gasteiger charge is 2.32. The van der Waals surface area contributed by atoms with Gasteiger partial charge in [-0.25, -0.2) is 0 Å². The molecule has 0 saturated heterocycles. The van der Waals surface area contributed by atoms with Gasteiger partial charge in [0.2, 0.25) is 5.91 Å². The van der Waals surface area contributed by atoms with E-state index in [4.69, 9.17) is 4.42 Å². The van der Waals surface area contributed by atoms with Crippen LogP contribution in [0.3, 0.4) is 0 Å². The minimum atomic E-state index is -0.218. The highest BCUT2D eigenvalue weighted by molar-refractivity contribution is 6.04. The number of hydrazine groups is 1. The Kier molecular flexibility index (Phi) is 6.88. The monoisotopic (exact) mass is 423 g/mol. The molecule has 31 heavy (non-hydrogen) atoms. The van der Waals surface area contributed by atoms with Crippen LogP contribution >= 0.6 is 0 Å². The van der Waals surface area contributed by atoms with E-state index in [0.29, 0.717) is 34.0 Å². The van der Waals surface area contributed by atoms with Crippen LogP contribution < -0.4 is 16.2 Å². The first kappa shape index (κ1) is 22.7. The molecule has 6 heteroatoms. The molecule has 1 saturated carbocycles. The van der Waals surface area contributed by atoms with Gasteiger partial charge in [0.15, 0.2) is 0 Å². The Morgan fingerprint density at radius 1 is 1.00 bits per heavy atom. The van der Waals surface area contributed by atoms with E-state index in [0.717, 1.165) is 31.2 Å². The van der Waals surface area contributed by atoms with E-state index in [-0.39, 0.29) is 17.7 Å². The summed E-state index contributed by atoms with van der Waals surface area (Å²) in [7, 11) is 0. The smallest absolute Gasteiger partial charge is 0.259 e. The average Bonchev–Trinajstić information content (AvgIpc) is 3.18. The quantitative estimate of drug-likeness (QED) is 0.552. The van der Waals surface area contributed by atoms with Gasteiger partial charge in [0.1, 0.15) is 5.76 Å². The van der Waals surface area contributed by atoms with Gasteiger partial charge >= 0.3 is 0 Å². The summed E-state index contributed by atoms with van der Waals surface area (Å²) in [5.41, 5.74) is 8.65. The second-order valence-corrected chi connectivity index (χ2v) is 9.43. The van der Waals surface area contributed by atoms with Crippen LogP contribution in [0, 0.1) is 24.2 Å². The maximum Gasteiger partial charge on any atom is 0.259 e. The highest BCUT2D eigenvalue weighted by atomic mass is 16.3. The number of furan rings is 1. The Bertz CT molecular complexity index is 930. The molecule has 3 rings (SSSR count). The third-order valence-corrected chi connectivity index (χ3v) is 6.25. The molecule has 0 unspecified atom stereocenters. The van der Waals surface area contributed by atoms with Gasteiger partial charge in [0, 0.05) is 11.6 Å². The SMILES string of the molecule is C=C(NNC(=O)C1CCC(C(C)(C)C)CC1)c1ccc(NC(=O)c2ccoc2C)cc1. The van der Waals surface area contributed by atoms with Crippen molar-refractivity contribution in [2.45, 2.75) is 53.4 Å². The van der Waals surface area contributed by atoms with Gasteiger partial charge in [0.05, 0.1) is 17.5 Å². The fraction of sp³-hybridized carbons (Fsp3) is 0.440. The van der Waals surface area contributed by atoms with Crippen LogP contribution in [0.5, 0.6) is 0 Å². The molecule has 0 radical (unpaired) electrons. The molecule has 6 nitrogen and oxygen atoms in total. The largest absolute Gasteiger partial charge is 0.469 e. The fourth-order valence-corrected chi connectivity index (χ4v) is 4.11. The molecule has 1 aliphatic carbocycles. The summed E-state index contributed by atoms with van der Waals surface area (Å²) in [4.78, 5) is 24.8. The summed E-state index contributed by atoms with van der Waals surface area (Å²) in [6, 6.07) is 8.92. The number of aryl methyl sites for hydroxylation is 1. The Labute approximate surface area is 184 Å². The Morgan fingerprint density at radius 2 is 1.65 bits per heavy atom. The van der Waals surface area contributed by atoms with Gasteiger partial charge in [-0.3, -0.25) is 20.4 Å². The average molecular weight is 424 g/mol. The third-order valence-electron chi connectivity index (χ3n) is 6.25. The van der Waals surface area contributed by atoms with E-state index >= 15 is 0 Å². The van der Waals surface area contributed by atoms with Crippen LogP contribution in [0.15, 0.2) is 47.6 Å². The molecule has 166 valence electrons. The van der Waals surface area contributed by atoms with Crippen molar-refractivity contribution >= 4 is 23.2 Å². The highest BCUT2D eigenvalue weighted by Crippen LogP contribution is 2.39. The lowest BCUT2D eigenvalue weighted by atomic mass is 9.70. The van der Waals surface area contributed by atoms with E-state index in [1.165, 1.54) is 6.26 Å². The topological polar surface area (TPSA) is 83.4 Å². The van der Waals surface area contributed by atoms with Crippen LogP contribution in [-0.4, -0.2) is 11.8 Å². The molecule has 0 spiro atoms. The number of rotatable bonds is 6. The van der Waals surface area contributed by atoms with Crippen molar-refractivity contribution in [2.24, 2.45) is 17.3 Å². The molecule has 1 heterocycles. The number of benzene rings is 1. The normalized spacial score (nSPS) is 18.8. The molecular weight excluding hydrogens is 390 g/mol. The summed E-state index contributed by atoms with van der Waals surface area (Å²) in [5, 5.41) is 2.84. The van der Waals surface area contributed by atoms with Gasteiger partial charge in [0.25, 0.3) is 5.91 Å². The van der Waals surface area contributed by atoms with Crippen LogP contribution in [0.2, 0.25) is 0 Å². The first-order valence-corrected chi connectivity index (χ1v) is 10.9. The van der Waals surface area contributed by atoms with E-state index < -0.39 is 0 Å². The van der Waals surface area contributed by atoms with Crippen molar-refractivity contribution in [2.75, 3.05) is 5.32 Å². The van der Waals surface area contributed by atoms with Crippen LogP contribution in [0.4, 0.5) is 5.69 Å². The van der Waals surface area contributed by atoms with Gasteiger partial charge in [-0.05, 0) is 67.7 Å². The lowest BCUT2D eigenvalue weighted by Gasteiger charge is -2.36. The van der Waals surface area contributed by atoms with Crippen LogP contribution in [-0.2, 0) is 4.79 Å². The zero-order valence-electron chi connectivity index (χ0n) is 18.9. The summed E-state index contributed by atoms with van der Waals surface area (Å²) in [6.07, 6.45) is 5.52. The molecule has 0 bridgehead atoms. The first-order valence-electron chi connectivity index (χ1n) is 10.9. The maximum absolute atomic E-state index is 12.5. The predicted octanol–water partition coefficient (Wildman–Crippen LogP) is 5.28. The first-order chi connectivity index (χ1) is 14.6. The van der Waals surface area contributed by atoms with Crippen molar-refractivity contribution in [1.29, 1.82) is 0 Å². The molecule has 3 N–H and O–H groups in total. The summed E-state index contributed by atoms with van der Waals surface area (Å²) >= 11 is 0. The molecule has 1 aromatic heterocycles. The summed E-state index contributed by atoms with van der Waals surface area (Å²) in [5.74, 6) is 1.10. The van der Waals surface area contributed by atoms with Crippen LogP contribution in [0.1, 0.15) is 68.1 Å². The summed E-state index contributed by atoms with van der Waals surface area (Å²) < 4.78 is 5.17. The lowest BCUT2D eigenvalue weighted by Crippen LogP contribution is -2.41. The lowest BCUT2D eigenvalue weighted by molar-refractivity contribution is -0.127. The number of carbonyl (C=O) groups is 2. The molecule has 1 fully saturated rings. The number of amides is 2. The molecule has 0 aliphatic heterocycles. The molecule has 0 atom stereocenters. The van der Waals surface area contributed by atoms with Crippen molar-refractivity contribution in [3.05, 3.63) is 60.1 Å². The van der Waals surface area contributed by atoms with Gasteiger partial charge in [-0.1, -0.05) is 39.5 Å². The Morgan fingerprint density at radius 3 is 2.19 bits per heavy atom. The van der Waals surface area contributed by atoms with Gasteiger partial charge < -0.3 is 9.73 Å². The number of carbonyl (C=O) groups excluding carboxylic acids is 2. The van der Waals surface area contributed by atoms with Crippen molar-refractivity contribution in [1.82, 2.24) is 10.9 Å². The van der Waals surface area contributed by atoms with E-state index in [2.05, 4.69) is 43.5 Å². The van der Waals surface area contributed by atoms with E-state index in [9.17, 15) is 9.59 Å².